The molecule has 1 N–H and O–H groups in total. The van der Waals surface area contributed by atoms with Crippen LogP contribution in [-0.2, 0) is 16.0 Å². The van der Waals surface area contributed by atoms with Crippen LogP contribution in [0.4, 0.5) is 5.13 Å². The first kappa shape index (κ1) is 21.5. The van der Waals surface area contributed by atoms with Gasteiger partial charge in [-0.3, -0.25) is 10.2 Å². The van der Waals surface area contributed by atoms with Gasteiger partial charge in [0.15, 0.2) is 0 Å². The molecule has 6 nitrogen and oxygen atoms in total. The number of hydrogen-bond acceptors (Lipinski definition) is 7. The number of hydrogen-bond donors (Lipinski definition) is 1. The predicted octanol–water partition coefficient (Wildman–Crippen LogP) is 5.61. The third-order valence-corrected chi connectivity index (χ3v) is 5.02. The van der Waals surface area contributed by atoms with Crippen LogP contribution in [0.2, 0.25) is 0 Å². The van der Waals surface area contributed by atoms with Crippen LogP contribution in [-0.4, -0.2) is 23.8 Å². The van der Waals surface area contributed by atoms with Crippen LogP contribution in [0.15, 0.2) is 59.0 Å². The largest absolute Gasteiger partial charge is 0.466 e. The number of carbonyl (C=O) groups is 1. The molecule has 1 aromatic heterocycles. The lowest BCUT2D eigenvalue weighted by Gasteiger charge is -2.14. The Morgan fingerprint density at radius 2 is 1.90 bits per heavy atom. The molecule has 3 aromatic rings. The van der Waals surface area contributed by atoms with E-state index in [-0.39, 0.29) is 12.4 Å². The van der Waals surface area contributed by atoms with E-state index < -0.39 is 0 Å². The Hall–Kier alpha value is -3.19. The number of para-hydroxylation sites is 2. The number of ether oxygens (including phenoxy) is 2. The molecule has 0 fully saturated rings. The number of esters is 1. The van der Waals surface area contributed by atoms with Crippen molar-refractivity contribution in [3.8, 4) is 11.5 Å². The van der Waals surface area contributed by atoms with Crippen molar-refractivity contribution in [2.75, 3.05) is 12.0 Å². The van der Waals surface area contributed by atoms with Gasteiger partial charge in [-0.05, 0) is 36.6 Å². The number of nitrogens with one attached hydrogen (secondary N) is 1. The fraction of sp³-hybridized carbons (Fsp3) is 0.261. The molecule has 0 spiro atoms. The van der Waals surface area contributed by atoms with Crippen molar-refractivity contribution in [1.82, 2.24) is 4.98 Å². The molecule has 0 bridgehead atoms. The topological polar surface area (TPSA) is 72.8 Å². The van der Waals surface area contributed by atoms with E-state index in [9.17, 15) is 4.79 Å². The molecule has 0 radical (unpaired) electrons. The lowest BCUT2D eigenvalue weighted by molar-refractivity contribution is -0.142. The number of nitrogens with zero attached hydrogens (tertiary/aromatic N) is 2. The highest BCUT2D eigenvalue weighted by Crippen LogP contribution is 2.31. The Kier molecular flexibility index (Phi) is 7.57. The lowest BCUT2D eigenvalue weighted by atomic mass is 10.0. The number of carbonyl (C=O) groups excluding carboxylic acids is 1. The molecule has 7 heteroatoms. The Balaban J connectivity index is 1.68. The third-order valence-electron chi connectivity index (χ3n) is 4.23. The van der Waals surface area contributed by atoms with E-state index in [2.05, 4.69) is 35.4 Å². The minimum Gasteiger partial charge on any atom is -0.466 e. The molecule has 30 heavy (non-hydrogen) atoms. The minimum atomic E-state index is -0.286. The van der Waals surface area contributed by atoms with Gasteiger partial charge in [-0.15, -0.1) is 11.3 Å². The molecular formula is C23H25N3O3S. The number of hydrazone groups is 1. The van der Waals surface area contributed by atoms with E-state index in [4.69, 9.17) is 9.47 Å². The predicted molar refractivity (Wildman–Crippen MR) is 121 cm³/mol. The van der Waals surface area contributed by atoms with Crippen molar-refractivity contribution in [3.63, 3.8) is 0 Å². The molecule has 0 aliphatic carbocycles. The highest BCUT2D eigenvalue weighted by Gasteiger charge is 2.10. The number of aromatic nitrogens is 1. The second-order valence-electron chi connectivity index (χ2n) is 6.83. The first-order valence-corrected chi connectivity index (χ1v) is 10.7. The first-order chi connectivity index (χ1) is 14.6. The fourth-order valence-corrected chi connectivity index (χ4v) is 3.46. The van der Waals surface area contributed by atoms with E-state index in [0.29, 0.717) is 23.4 Å². The molecule has 0 unspecified atom stereocenters. The van der Waals surface area contributed by atoms with Crippen LogP contribution in [0.25, 0.3) is 0 Å². The highest BCUT2D eigenvalue weighted by atomic mass is 32.1. The summed E-state index contributed by atoms with van der Waals surface area (Å²) in [7, 11) is 0. The van der Waals surface area contributed by atoms with E-state index in [1.165, 1.54) is 11.3 Å². The van der Waals surface area contributed by atoms with Gasteiger partial charge in [0.2, 0.25) is 5.13 Å². The van der Waals surface area contributed by atoms with Gasteiger partial charge in [0.1, 0.15) is 11.5 Å². The Labute approximate surface area is 180 Å². The molecule has 1 heterocycles. The molecule has 0 saturated heterocycles. The van der Waals surface area contributed by atoms with E-state index in [1.54, 1.807) is 13.1 Å². The highest BCUT2D eigenvalue weighted by molar-refractivity contribution is 7.13. The van der Waals surface area contributed by atoms with Crippen LogP contribution in [0, 0.1) is 0 Å². The zero-order chi connectivity index (χ0) is 21.3. The molecular weight excluding hydrogens is 398 g/mol. The van der Waals surface area contributed by atoms with Gasteiger partial charge in [0.25, 0.3) is 0 Å². The van der Waals surface area contributed by atoms with Gasteiger partial charge in [0.05, 0.1) is 24.9 Å². The van der Waals surface area contributed by atoms with Gasteiger partial charge >= 0.3 is 5.97 Å². The van der Waals surface area contributed by atoms with Crippen molar-refractivity contribution < 1.29 is 14.3 Å². The molecule has 0 saturated carbocycles. The first-order valence-electron chi connectivity index (χ1n) is 9.81. The molecule has 0 aliphatic heterocycles. The zero-order valence-corrected chi connectivity index (χ0v) is 18.1. The summed E-state index contributed by atoms with van der Waals surface area (Å²) < 4.78 is 11.1. The Morgan fingerprint density at radius 1 is 1.17 bits per heavy atom. The smallest absolute Gasteiger partial charge is 0.311 e. The maximum absolute atomic E-state index is 11.6. The summed E-state index contributed by atoms with van der Waals surface area (Å²) in [6.07, 6.45) is 1.85. The SMILES string of the molecule is CCOC(=O)Cc1csc(NN=Cc2ccccc2Oc2ccccc2C(C)C)n1. The standard InChI is InChI=1S/C23H25N3O3S/c1-4-28-22(27)13-18-15-30-23(25-18)26-24-14-17-9-5-7-11-20(17)29-21-12-8-6-10-19(21)16(2)3/h5-12,14-16H,4,13H2,1-3H3,(H,25,26). The molecule has 3 rings (SSSR count). The van der Waals surface area contributed by atoms with E-state index in [1.807, 2.05) is 47.8 Å². The number of rotatable bonds is 9. The van der Waals surface area contributed by atoms with Gasteiger partial charge in [0, 0.05) is 10.9 Å². The van der Waals surface area contributed by atoms with Gasteiger partial charge in [-0.2, -0.15) is 5.10 Å². The van der Waals surface area contributed by atoms with Crippen molar-refractivity contribution in [1.29, 1.82) is 0 Å². The molecule has 156 valence electrons. The maximum Gasteiger partial charge on any atom is 0.311 e. The number of thiazole rings is 1. The Bertz CT molecular complexity index is 1010. The van der Waals surface area contributed by atoms with Crippen LogP contribution in [0.5, 0.6) is 11.5 Å². The van der Waals surface area contributed by atoms with E-state index >= 15 is 0 Å². The summed E-state index contributed by atoms with van der Waals surface area (Å²) in [5, 5.41) is 6.70. The van der Waals surface area contributed by atoms with E-state index in [0.717, 1.165) is 22.6 Å². The van der Waals surface area contributed by atoms with Gasteiger partial charge in [-0.1, -0.05) is 44.2 Å². The molecule has 0 aliphatic rings. The summed E-state index contributed by atoms with van der Waals surface area (Å²) in [5.41, 5.74) is 5.56. The summed E-state index contributed by atoms with van der Waals surface area (Å²) in [4.78, 5) is 15.9. The van der Waals surface area contributed by atoms with Gasteiger partial charge in [-0.25, -0.2) is 4.98 Å². The van der Waals surface area contributed by atoms with Crippen molar-refractivity contribution in [2.24, 2.45) is 5.10 Å². The maximum atomic E-state index is 11.6. The second kappa shape index (κ2) is 10.5. The average molecular weight is 424 g/mol. The summed E-state index contributed by atoms with van der Waals surface area (Å²) in [5.74, 6) is 1.63. The van der Waals surface area contributed by atoms with Crippen LogP contribution >= 0.6 is 11.3 Å². The van der Waals surface area contributed by atoms with Crippen molar-refractivity contribution in [2.45, 2.75) is 33.1 Å². The summed E-state index contributed by atoms with van der Waals surface area (Å²) in [6.45, 7) is 6.43. The molecule has 0 amide bonds. The van der Waals surface area contributed by atoms with Crippen LogP contribution in [0.1, 0.15) is 43.5 Å². The third kappa shape index (κ3) is 5.90. The van der Waals surface area contributed by atoms with Crippen molar-refractivity contribution in [3.05, 3.63) is 70.7 Å². The van der Waals surface area contributed by atoms with Crippen LogP contribution < -0.4 is 10.2 Å². The average Bonchev–Trinajstić information content (AvgIpc) is 3.16. The monoisotopic (exact) mass is 423 g/mol. The van der Waals surface area contributed by atoms with Gasteiger partial charge < -0.3 is 9.47 Å². The molecule has 2 aromatic carbocycles. The number of benzene rings is 2. The minimum absolute atomic E-state index is 0.154. The summed E-state index contributed by atoms with van der Waals surface area (Å²) in [6, 6.07) is 15.8. The lowest BCUT2D eigenvalue weighted by Crippen LogP contribution is -2.07. The van der Waals surface area contributed by atoms with Crippen LogP contribution in [0.3, 0.4) is 0 Å². The van der Waals surface area contributed by atoms with Crippen molar-refractivity contribution >= 4 is 28.7 Å². The Morgan fingerprint density at radius 3 is 2.67 bits per heavy atom. The second-order valence-corrected chi connectivity index (χ2v) is 7.69. The zero-order valence-electron chi connectivity index (χ0n) is 17.3. The quantitative estimate of drug-likeness (QED) is 0.275. The molecule has 0 atom stereocenters. The number of anilines is 1. The normalized spacial score (nSPS) is 11.1. The summed E-state index contributed by atoms with van der Waals surface area (Å²) >= 11 is 1.38. The fourth-order valence-electron chi connectivity index (χ4n) is 2.81.